The van der Waals surface area contributed by atoms with Crippen LogP contribution in [0.15, 0.2) is 88.6 Å². The Balaban J connectivity index is 1.57. The topological polar surface area (TPSA) is 37.8 Å². The average Bonchev–Trinajstić information content (AvgIpc) is 2.98. The predicted molar refractivity (Wildman–Crippen MR) is 105 cm³/mol. The van der Waals surface area contributed by atoms with Gasteiger partial charge in [-0.3, -0.25) is 4.57 Å². The van der Waals surface area contributed by atoms with Crippen LogP contribution < -0.4 is 5.69 Å². The molecule has 4 rings (SSSR count). The Labute approximate surface area is 150 Å². The Morgan fingerprint density at radius 3 is 2.32 bits per heavy atom. The van der Waals surface area contributed by atoms with E-state index in [0.717, 1.165) is 27.9 Å². The van der Waals surface area contributed by atoms with Crippen LogP contribution in [0.4, 0.5) is 0 Å². The number of aromatic nitrogens is 2. The molecular formula is C21H18N2OS. The van der Waals surface area contributed by atoms with Gasteiger partial charge in [-0.05, 0) is 35.4 Å². The summed E-state index contributed by atoms with van der Waals surface area (Å²) in [5, 5.41) is 0. The number of imidazole rings is 1. The number of nitrogens with zero attached hydrogens (tertiary/aromatic N) is 1. The number of hydrogen-bond donors (Lipinski definition) is 1. The Morgan fingerprint density at radius 1 is 0.840 bits per heavy atom. The second-order valence-electron chi connectivity index (χ2n) is 5.84. The van der Waals surface area contributed by atoms with Gasteiger partial charge in [-0.2, -0.15) is 0 Å². The summed E-state index contributed by atoms with van der Waals surface area (Å²) in [5.41, 5.74) is 4.06. The summed E-state index contributed by atoms with van der Waals surface area (Å²) in [6.45, 7) is 0.684. The van der Waals surface area contributed by atoms with E-state index >= 15 is 0 Å². The molecule has 4 aromatic rings. The molecule has 1 heterocycles. The molecule has 0 radical (unpaired) electrons. The molecule has 4 heteroatoms. The zero-order valence-corrected chi connectivity index (χ0v) is 14.5. The van der Waals surface area contributed by atoms with Crippen molar-refractivity contribution in [2.45, 2.75) is 11.4 Å². The van der Waals surface area contributed by atoms with Crippen molar-refractivity contribution in [1.82, 2.24) is 9.55 Å². The number of fused-ring (bicyclic) bond motifs is 1. The largest absolute Gasteiger partial charge is 0.326 e. The predicted octanol–water partition coefficient (Wildman–Crippen LogP) is 4.79. The van der Waals surface area contributed by atoms with Crippen molar-refractivity contribution in [3.63, 3.8) is 0 Å². The van der Waals surface area contributed by atoms with Crippen molar-refractivity contribution in [3.05, 3.63) is 89.3 Å². The van der Waals surface area contributed by atoms with Crippen molar-refractivity contribution in [2.24, 2.45) is 0 Å². The Morgan fingerprint density at radius 2 is 1.56 bits per heavy atom. The molecule has 25 heavy (non-hydrogen) atoms. The third-order valence-electron chi connectivity index (χ3n) is 4.21. The molecule has 0 saturated heterocycles. The number of aromatic amines is 1. The molecular weight excluding hydrogens is 328 g/mol. The first kappa shape index (κ1) is 15.8. The highest BCUT2D eigenvalue weighted by molar-refractivity contribution is 7.99. The van der Waals surface area contributed by atoms with E-state index in [9.17, 15) is 4.79 Å². The number of hydrogen-bond acceptors (Lipinski definition) is 2. The van der Waals surface area contributed by atoms with Crippen LogP contribution in [0.5, 0.6) is 0 Å². The lowest BCUT2D eigenvalue weighted by Gasteiger charge is -2.05. The molecule has 0 amide bonds. The van der Waals surface area contributed by atoms with E-state index in [0.29, 0.717) is 6.54 Å². The second kappa shape index (κ2) is 7.03. The first-order chi connectivity index (χ1) is 12.3. The van der Waals surface area contributed by atoms with Gasteiger partial charge in [-0.15, -0.1) is 11.8 Å². The van der Waals surface area contributed by atoms with Gasteiger partial charge >= 0.3 is 5.69 Å². The van der Waals surface area contributed by atoms with Crippen LogP contribution in [0, 0.1) is 0 Å². The first-order valence-electron chi connectivity index (χ1n) is 8.27. The van der Waals surface area contributed by atoms with E-state index in [1.54, 1.807) is 11.8 Å². The van der Waals surface area contributed by atoms with Gasteiger partial charge in [0.1, 0.15) is 0 Å². The maximum atomic E-state index is 12.3. The minimum absolute atomic E-state index is 0.0473. The molecule has 0 bridgehead atoms. The van der Waals surface area contributed by atoms with Gasteiger partial charge in [0, 0.05) is 17.2 Å². The maximum absolute atomic E-state index is 12.3. The molecule has 124 valence electrons. The fourth-order valence-electron chi connectivity index (χ4n) is 2.97. The summed E-state index contributed by atoms with van der Waals surface area (Å²) in [4.78, 5) is 16.5. The summed E-state index contributed by atoms with van der Waals surface area (Å²) < 4.78 is 1.82. The van der Waals surface area contributed by atoms with Crippen molar-refractivity contribution in [2.75, 3.05) is 5.75 Å². The highest BCUT2D eigenvalue weighted by Crippen LogP contribution is 2.23. The Bertz CT molecular complexity index is 1040. The SMILES string of the molecule is O=c1[nH]c2cc(-c3ccccc3)ccc2n1CCSc1ccccc1. The van der Waals surface area contributed by atoms with Crippen LogP contribution in [-0.4, -0.2) is 15.3 Å². The summed E-state index contributed by atoms with van der Waals surface area (Å²) in [7, 11) is 0. The van der Waals surface area contributed by atoms with Crippen molar-refractivity contribution in [1.29, 1.82) is 0 Å². The zero-order valence-electron chi connectivity index (χ0n) is 13.7. The highest BCUT2D eigenvalue weighted by atomic mass is 32.2. The van der Waals surface area contributed by atoms with E-state index in [1.807, 2.05) is 53.1 Å². The van der Waals surface area contributed by atoms with Gasteiger partial charge < -0.3 is 4.98 Å². The molecule has 0 aliphatic carbocycles. The van der Waals surface area contributed by atoms with Crippen LogP contribution >= 0.6 is 11.8 Å². The summed E-state index contributed by atoms with van der Waals surface area (Å²) in [5.74, 6) is 0.858. The molecule has 1 N–H and O–H groups in total. The molecule has 3 aromatic carbocycles. The van der Waals surface area contributed by atoms with Crippen molar-refractivity contribution >= 4 is 22.8 Å². The van der Waals surface area contributed by atoms with Crippen molar-refractivity contribution in [3.8, 4) is 11.1 Å². The fourth-order valence-corrected chi connectivity index (χ4v) is 3.83. The number of benzene rings is 3. The lowest BCUT2D eigenvalue weighted by Crippen LogP contribution is -2.17. The normalized spacial score (nSPS) is 11.0. The zero-order chi connectivity index (χ0) is 17.1. The van der Waals surface area contributed by atoms with E-state index < -0.39 is 0 Å². The van der Waals surface area contributed by atoms with Gasteiger partial charge in [0.2, 0.25) is 0 Å². The highest BCUT2D eigenvalue weighted by Gasteiger charge is 2.08. The molecule has 1 aromatic heterocycles. The van der Waals surface area contributed by atoms with Crippen LogP contribution in [-0.2, 0) is 6.54 Å². The third-order valence-corrected chi connectivity index (χ3v) is 5.20. The monoisotopic (exact) mass is 346 g/mol. The summed E-state index contributed by atoms with van der Waals surface area (Å²) >= 11 is 1.76. The minimum Gasteiger partial charge on any atom is -0.306 e. The van der Waals surface area contributed by atoms with Gasteiger partial charge in [0.25, 0.3) is 0 Å². The molecule has 3 nitrogen and oxygen atoms in total. The van der Waals surface area contributed by atoms with Crippen LogP contribution in [0.1, 0.15) is 0 Å². The first-order valence-corrected chi connectivity index (χ1v) is 9.26. The second-order valence-corrected chi connectivity index (χ2v) is 7.01. The minimum atomic E-state index is -0.0473. The van der Waals surface area contributed by atoms with Crippen LogP contribution in [0.25, 0.3) is 22.2 Å². The van der Waals surface area contributed by atoms with E-state index in [1.165, 1.54) is 4.90 Å². The molecule has 0 aliphatic rings. The number of thioether (sulfide) groups is 1. The molecule has 0 aliphatic heterocycles. The van der Waals surface area contributed by atoms with Crippen LogP contribution in [0.3, 0.4) is 0 Å². The van der Waals surface area contributed by atoms with Crippen LogP contribution in [0.2, 0.25) is 0 Å². The molecule has 0 spiro atoms. The van der Waals surface area contributed by atoms with Gasteiger partial charge in [-0.1, -0.05) is 54.6 Å². The molecule has 0 unspecified atom stereocenters. The molecule has 0 fully saturated rings. The van der Waals surface area contributed by atoms with E-state index in [2.05, 4.69) is 35.3 Å². The van der Waals surface area contributed by atoms with E-state index in [-0.39, 0.29) is 5.69 Å². The quantitative estimate of drug-likeness (QED) is 0.528. The number of H-pyrrole nitrogens is 1. The number of rotatable bonds is 5. The lowest BCUT2D eigenvalue weighted by molar-refractivity contribution is 0.762. The van der Waals surface area contributed by atoms with E-state index in [4.69, 9.17) is 0 Å². The maximum Gasteiger partial charge on any atom is 0.326 e. The van der Waals surface area contributed by atoms with Crippen molar-refractivity contribution < 1.29 is 0 Å². The van der Waals surface area contributed by atoms with Gasteiger partial charge in [0.15, 0.2) is 0 Å². The fraction of sp³-hybridized carbons (Fsp3) is 0.0952. The van der Waals surface area contributed by atoms with Gasteiger partial charge in [0.05, 0.1) is 11.0 Å². The number of nitrogens with one attached hydrogen (secondary N) is 1. The number of aryl methyl sites for hydroxylation is 1. The standard InChI is InChI=1S/C21H18N2OS/c24-21-22-19-15-17(16-7-3-1-4-8-16)11-12-20(19)23(21)13-14-25-18-9-5-2-6-10-18/h1-12,15H,13-14H2,(H,22,24). The lowest BCUT2D eigenvalue weighted by atomic mass is 10.1. The molecule has 0 saturated carbocycles. The smallest absolute Gasteiger partial charge is 0.306 e. The van der Waals surface area contributed by atoms with Gasteiger partial charge in [-0.25, -0.2) is 4.79 Å². The average molecular weight is 346 g/mol. The third kappa shape index (κ3) is 3.39. The Kier molecular flexibility index (Phi) is 4.44. The summed E-state index contributed by atoms with van der Waals surface area (Å²) in [6.07, 6.45) is 0. The molecule has 0 atom stereocenters. The Hall–Kier alpha value is -2.72. The summed E-state index contributed by atoms with van der Waals surface area (Å²) in [6, 6.07) is 26.6.